The van der Waals surface area contributed by atoms with Crippen molar-refractivity contribution in [1.82, 2.24) is 9.97 Å². The summed E-state index contributed by atoms with van der Waals surface area (Å²) in [7, 11) is 0. The van der Waals surface area contributed by atoms with E-state index in [0.717, 1.165) is 19.3 Å². The van der Waals surface area contributed by atoms with E-state index in [1.54, 1.807) is 22.7 Å². The second kappa shape index (κ2) is 5.94. The van der Waals surface area contributed by atoms with Gasteiger partial charge in [-0.25, -0.2) is 4.98 Å². The summed E-state index contributed by atoms with van der Waals surface area (Å²) in [4.78, 5) is 10.3. The van der Waals surface area contributed by atoms with E-state index in [0.29, 0.717) is 5.41 Å². The molecule has 2 heterocycles. The molecule has 2 nitrogen and oxygen atoms in total. The van der Waals surface area contributed by atoms with Crippen molar-refractivity contribution in [2.75, 3.05) is 0 Å². The summed E-state index contributed by atoms with van der Waals surface area (Å²) in [5.74, 6) is 0. The number of aromatic nitrogens is 2. The lowest BCUT2D eigenvalue weighted by atomic mass is 9.85. The van der Waals surface area contributed by atoms with Crippen LogP contribution in [0.25, 0.3) is 0 Å². The van der Waals surface area contributed by atoms with Gasteiger partial charge < -0.3 is 0 Å². The average Bonchev–Trinajstić information content (AvgIpc) is 2.87. The molecule has 0 aliphatic heterocycles. The van der Waals surface area contributed by atoms with Crippen LogP contribution in [0.5, 0.6) is 0 Å². The van der Waals surface area contributed by atoms with Crippen molar-refractivity contribution >= 4 is 22.7 Å². The largest absolute Gasteiger partial charge is 0.253 e. The smallest absolute Gasteiger partial charge is 0.0933 e. The van der Waals surface area contributed by atoms with Gasteiger partial charge in [0.2, 0.25) is 0 Å². The molecule has 0 aliphatic rings. The zero-order valence-corrected chi connectivity index (χ0v) is 14.7. The van der Waals surface area contributed by atoms with Crippen LogP contribution in [-0.2, 0) is 19.3 Å². The first-order chi connectivity index (χ1) is 9.23. The molecule has 0 unspecified atom stereocenters. The third kappa shape index (κ3) is 4.98. The van der Waals surface area contributed by atoms with Gasteiger partial charge in [0.1, 0.15) is 0 Å². The van der Waals surface area contributed by atoms with Crippen LogP contribution in [0, 0.1) is 10.8 Å². The molecule has 0 saturated carbocycles. The van der Waals surface area contributed by atoms with E-state index in [4.69, 9.17) is 4.98 Å². The minimum absolute atomic E-state index is 0.239. The van der Waals surface area contributed by atoms with Gasteiger partial charge in [0.15, 0.2) is 0 Å². The van der Waals surface area contributed by atoms with Crippen LogP contribution in [0.3, 0.4) is 0 Å². The fourth-order valence-electron chi connectivity index (χ4n) is 2.33. The van der Waals surface area contributed by atoms with Crippen molar-refractivity contribution in [1.29, 1.82) is 0 Å². The highest BCUT2D eigenvalue weighted by atomic mass is 32.1. The normalized spacial score (nSPS) is 12.8. The van der Waals surface area contributed by atoms with E-state index in [-0.39, 0.29) is 5.41 Å². The average molecular weight is 309 g/mol. The molecule has 2 rings (SSSR count). The Hall–Kier alpha value is -0.740. The van der Waals surface area contributed by atoms with Crippen molar-refractivity contribution in [2.45, 2.75) is 53.9 Å². The maximum atomic E-state index is 4.82. The van der Waals surface area contributed by atoms with Crippen LogP contribution >= 0.6 is 22.7 Å². The predicted octanol–water partition coefficient (Wildman–Crippen LogP) is 5.00. The highest BCUT2D eigenvalue weighted by Crippen LogP contribution is 2.30. The second-order valence-corrected chi connectivity index (χ2v) is 9.37. The molecule has 4 heteroatoms. The molecule has 0 atom stereocenters. The predicted molar refractivity (Wildman–Crippen MR) is 88.6 cm³/mol. The molecule has 2 aromatic rings. The zero-order valence-electron chi connectivity index (χ0n) is 13.1. The molecule has 0 amide bonds. The molecule has 0 bridgehead atoms. The summed E-state index contributed by atoms with van der Waals surface area (Å²) in [6.07, 6.45) is 5.16. The first-order valence-electron chi connectivity index (χ1n) is 7.04. The zero-order chi connectivity index (χ0) is 14.8. The van der Waals surface area contributed by atoms with Gasteiger partial charge in [-0.3, -0.25) is 4.98 Å². The van der Waals surface area contributed by atoms with Gasteiger partial charge in [-0.15, -0.1) is 22.7 Å². The molecule has 0 aromatic carbocycles. The molecule has 2 aromatic heterocycles. The van der Waals surface area contributed by atoms with Crippen molar-refractivity contribution in [3.05, 3.63) is 32.7 Å². The fraction of sp³-hybridized carbons (Fsp3) is 0.625. The van der Waals surface area contributed by atoms with Crippen LogP contribution in [-0.4, -0.2) is 9.97 Å². The van der Waals surface area contributed by atoms with Gasteiger partial charge in [-0.1, -0.05) is 34.6 Å². The monoisotopic (exact) mass is 308 g/mol. The molecule has 0 spiro atoms. The number of nitrogens with zero attached hydrogens (tertiary/aromatic N) is 2. The van der Waals surface area contributed by atoms with Gasteiger partial charge in [0.25, 0.3) is 0 Å². The minimum Gasteiger partial charge on any atom is -0.253 e. The fourth-order valence-corrected chi connectivity index (χ4v) is 4.23. The van der Waals surface area contributed by atoms with Gasteiger partial charge in [-0.2, -0.15) is 0 Å². The Labute approximate surface area is 130 Å². The topological polar surface area (TPSA) is 25.8 Å². The van der Waals surface area contributed by atoms with Crippen LogP contribution in [0.4, 0.5) is 0 Å². The summed E-state index contributed by atoms with van der Waals surface area (Å²) in [6.45, 7) is 11.4. The number of hydrogen-bond donors (Lipinski definition) is 0. The van der Waals surface area contributed by atoms with Crippen molar-refractivity contribution in [3.63, 3.8) is 0 Å². The maximum absolute atomic E-state index is 4.82. The standard InChI is InChI=1S/C16H24N2S2/c1-15(2,3)6-12-10-19-14(18-12)8-16(4,5)7-13-9-17-11-20-13/h9-11H,6-8H2,1-5H3. The van der Waals surface area contributed by atoms with Gasteiger partial charge in [0, 0.05) is 22.9 Å². The Morgan fingerprint density at radius 1 is 1.00 bits per heavy atom. The summed E-state index contributed by atoms with van der Waals surface area (Å²) >= 11 is 3.55. The molecular weight excluding hydrogens is 284 g/mol. The Balaban J connectivity index is 1.98. The quantitative estimate of drug-likeness (QED) is 0.777. The van der Waals surface area contributed by atoms with Crippen LogP contribution in [0.15, 0.2) is 17.1 Å². The minimum atomic E-state index is 0.239. The molecule has 0 radical (unpaired) electrons. The van der Waals surface area contributed by atoms with E-state index in [1.807, 2.05) is 11.7 Å². The first kappa shape index (κ1) is 15.6. The molecule has 20 heavy (non-hydrogen) atoms. The number of hydrogen-bond acceptors (Lipinski definition) is 4. The van der Waals surface area contributed by atoms with Gasteiger partial charge in [-0.05, 0) is 23.7 Å². The summed E-state index contributed by atoms with van der Waals surface area (Å²) in [5.41, 5.74) is 3.70. The molecular formula is C16H24N2S2. The van der Waals surface area contributed by atoms with Crippen LogP contribution < -0.4 is 0 Å². The van der Waals surface area contributed by atoms with Crippen molar-refractivity contribution in [3.8, 4) is 0 Å². The van der Waals surface area contributed by atoms with Crippen molar-refractivity contribution < 1.29 is 0 Å². The lowest BCUT2D eigenvalue weighted by Gasteiger charge is -2.22. The molecule has 0 saturated heterocycles. The van der Waals surface area contributed by atoms with E-state index in [1.165, 1.54) is 15.6 Å². The second-order valence-electron chi connectivity index (χ2n) is 7.46. The Bertz CT molecular complexity index is 533. The lowest BCUT2D eigenvalue weighted by Crippen LogP contribution is -2.18. The summed E-state index contributed by atoms with van der Waals surface area (Å²) < 4.78 is 0. The number of rotatable bonds is 5. The van der Waals surface area contributed by atoms with E-state index < -0.39 is 0 Å². The Morgan fingerprint density at radius 2 is 1.75 bits per heavy atom. The Kier molecular flexibility index (Phi) is 4.65. The third-order valence-electron chi connectivity index (χ3n) is 3.08. The Morgan fingerprint density at radius 3 is 2.35 bits per heavy atom. The molecule has 110 valence electrons. The maximum Gasteiger partial charge on any atom is 0.0933 e. The van der Waals surface area contributed by atoms with Crippen LogP contribution in [0.1, 0.15) is 50.2 Å². The highest BCUT2D eigenvalue weighted by Gasteiger charge is 2.22. The third-order valence-corrected chi connectivity index (χ3v) is 4.75. The van der Waals surface area contributed by atoms with E-state index in [9.17, 15) is 0 Å². The summed E-state index contributed by atoms with van der Waals surface area (Å²) in [5, 5.41) is 3.49. The SMILES string of the molecule is CC(C)(C)Cc1csc(CC(C)(C)Cc2cncs2)n1. The van der Waals surface area contributed by atoms with Crippen molar-refractivity contribution in [2.24, 2.45) is 10.8 Å². The van der Waals surface area contributed by atoms with Gasteiger partial charge >= 0.3 is 0 Å². The molecule has 0 N–H and O–H groups in total. The summed E-state index contributed by atoms with van der Waals surface area (Å²) in [6, 6.07) is 0. The first-order valence-corrected chi connectivity index (χ1v) is 8.80. The molecule has 0 aliphatic carbocycles. The van der Waals surface area contributed by atoms with Gasteiger partial charge in [0.05, 0.1) is 16.2 Å². The van der Waals surface area contributed by atoms with E-state index in [2.05, 4.69) is 45.0 Å². The highest BCUT2D eigenvalue weighted by molar-refractivity contribution is 7.09. The van der Waals surface area contributed by atoms with E-state index >= 15 is 0 Å². The number of thiazole rings is 2. The van der Waals surface area contributed by atoms with Crippen LogP contribution in [0.2, 0.25) is 0 Å². The lowest BCUT2D eigenvalue weighted by molar-refractivity contribution is 0.361. The molecule has 0 fully saturated rings.